The van der Waals surface area contributed by atoms with Crippen LogP contribution in [0.2, 0.25) is 0 Å². The first-order valence-corrected chi connectivity index (χ1v) is 5.31. The van der Waals surface area contributed by atoms with E-state index in [2.05, 4.69) is 20.9 Å². The summed E-state index contributed by atoms with van der Waals surface area (Å²) in [5.41, 5.74) is 1.57. The number of aromatic nitrogens is 1. The molecule has 1 aromatic carbocycles. The molecule has 76 valence electrons. The molecule has 2 rings (SSSR count). The number of benzene rings is 1. The van der Waals surface area contributed by atoms with E-state index < -0.39 is 0 Å². The molecule has 0 radical (unpaired) electrons. The normalized spacial score (nSPS) is 10.5. The number of aldehydes is 1. The zero-order valence-corrected chi connectivity index (χ0v) is 9.15. The van der Waals surface area contributed by atoms with Crippen LogP contribution in [0.25, 0.3) is 11.1 Å². The summed E-state index contributed by atoms with van der Waals surface area (Å²) in [5.74, 6) is -0.0130. The number of alkyl halides is 1. The van der Waals surface area contributed by atoms with Crippen LogP contribution >= 0.6 is 15.9 Å². The molecule has 0 bridgehead atoms. The summed E-state index contributed by atoms with van der Waals surface area (Å²) in [6, 6.07) is 4.88. The van der Waals surface area contributed by atoms with Gasteiger partial charge in [-0.2, -0.15) is 0 Å². The molecule has 1 heterocycles. The molecule has 0 N–H and O–H groups in total. The SMILES string of the molecule is O=Cc1nc2cc(C(=O)CBr)ccc2o1. The van der Waals surface area contributed by atoms with Crippen molar-refractivity contribution < 1.29 is 14.0 Å². The Labute approximate surface area is 93.4 Å². The van der Waals surface area contributed by atoms with E-state index in [1.54, 1.807) is 18.2 Å². The molecule has 0 amide bonds. The molecule has 0 saturated carbocycles. The molecule has 1 aromatic heterocycles. The zero-order chi connectivity index (χ0) is 10.8. The quantitative estimate of drug-likeness (QED) is 0.486. The monoisotopic (exact) mass is 267 g/mol. The molecule has 0 spiro atoms. The summed E-state index contributed by atoms with van der Waals surface area (Å²) in [6.45, 7) is 0. The number of ketones is 1. The Morgan fingerprint density at radius 1 is 1.53 bits per heavy atom. The van der Waals surface area contributed by atoms with E-state index in [0.29, 0.717) is 22.9 Å². The van der Waals surface area contributed by atoms with Crippen LogP contribution < -0.4 is 0 Å². The van der Waals surface area contributed by atoms with Crippen molar-refractivity contribution >= 4 is 39.1 Å². The lowest BCUT2D eigenvalue weighted by Gasteiger charge is -1.94. The van der Waals surface area contributed by atoms with Crippen molar-refractivity contribution in [2.24, 2.45) is 0 Å². The summed E-state index contributed by atoms with van der Waals surface area (Å²) >= 11 is 3.08. The van der Waals surface area contributed by atoms with Crippen molar-refractivity contribution in [2.45, 2.75) is 0 Å². The van der Waals surface area contributed by atoms with E-state index in [9.17, 15) is 9.59 Å². The van der Waals surface area contributed by atoms with Gasteiger partial charge in [0.2, 0.25) is 6.29 Å². The molecular weight excluding hydrogens is 262 g/mol. The average molecular weight is 268 g/mol. The Morgan fingerprint density at radius 2 is 2.33 bits per heavy atom. The lowest BCUT2D eigenvalue weighted by molar-refractivity contribution is 0.102. The van der Waals surface area contributed by atoms with Gasteiger partial charge in [-0.3, -0.25) is 9.59 Å². The van der Waals surface area contributed by atoms with Crippen molar-refractivity contribution in [3.05, 3.63) is 29.7 Å². The maximum absolute atomic E-state index is 11.4. The molecule has 2 aromatic rings. The molecule has 0 aliphatic carbocycles. The number of rotatable bonds is 3. The fraction of sp³-hybridized carbons (Fsp3) is 0.100. The van der Waals surface area contributed by atoms with Gasteiger partial charge in [0.05, 0.1) is 5.33 Å². The highest BCUT2D eigenvalue weighted by molar-refractivity contribution is 9.09. The number of oxazole rings is 1. The molecule has 0 unspecified atom stereocenters. The number of carbonyl (C=O) groups is 2. The predicted molar refractivity (Wildman–Crippen MR) is 57.5 cm³/mol. The van der Waals surface area contributed by atoms with Crippen LogP contribution in [0.3, 0.4) is 0 Å². The largest absolute Gasteiger partial charge is 0.434 e. The van der Waals surface area contributed by atoms with Gasteiger partial charge >= 0.3 is 0 Å². The number of carbonyl (C=O) groups excluding carboxylic acids is 2. The topological polar surface area (TPSA) is 60.2 Å². The van der Waals surface area contributed by atoms with Crippen molar-refractivity contribution in [3.63, 3.8) is 0 Å². The molecular formula is C10H6BrNO3. The van der Waals surface area contributed by atoms with Crippen LogP contribution in [-0.4, -0.2) is 22.4 Å². The molecule has 0 fully saturated rings. The molecule has 0 aliphatic heterocycles. The standard InChI is InChI=1S/C10H6BrNO3/c11-4-8(14)6-1-2-9-7(3-6)12-10(5-13)15-9/h1-3,5H,4H2. The van der Waals surface area contributed by atoms with Gasteiger partial charge in [0, 0.05) is 5.56 Å². The summed E-state index contributed by atoms with van der Waals surface area (Å²) in [5, 5.41) is 0.261. The Bertz CT molecular complexity index is 532. The fourth-order valence-corrected chi connectivity index (χ4v) is 1.57. The maximum Gasteiger partial charge on any atom is 0.260 e. The zero-order valence-electron chi connectivity index (χ0n) is 7.57. The second-order valence-corrected chi connectivity index (χ2v) is 3.47. The van der Waals surface area contributed by atoms with Crippen LogP contribution in [0.5, 0.6) is 0 Å². The van der Waals surface area contributed by atoms with Gasteiger partial charge in [-0.15, -0.1) is 0 Å². The number of nitrogens with zero attached hydrogens (tertiary/aromatic N) is 1. The minimum atomic E-state index is -0.0347. The van der Waals surface area contributed by atoms with Crippen molar-refractivity contribution in [1.82, 2.24) is 4.98 Å². The number of Topliss-reactive ketones (excluding diaryl/α,β-unsaturated/α-hetero) is 1. The minimum Gasteiger partial charge on any atom is -0.434 e. The molecule has 0 saturated heterocycles. The van der Waals surface area contributed by atoms with Gasteiger partial charge in [0.1, 0.15) is 5.52 Å². The predicted octanol–water partition coefficient (Wildman–Crippen LogP) is 2.22. The van der Waals surface area contributed by atoms with Gasteiger partial charge in [0.25, 0.3) is 5.89 Å². The summed E-state index contributed by atoms with van der Waals surface area (Å²) in [4.78, 5) is 25.7. The first-order chi connectivity index (χ1) is 7.24. The minimum absolute atomic E-state index is 0.0217. The third kappa shape index (κ3) is 1.83. The smallest absolute Gasteiger partial charge is 0.260 e. The third-order valence-electron chi connectivity index (χ3n) is 1.95. The van der Waals surface area contributed by atoms with E-state index in [4.69, 9.17) is 4.42 Å². The second kappa shape index (κ2) is 3.94. The van der Waals surface area contributed by atoms with Crippen LogP contribution in [0.1, 0.15) is 21.0 Å². The molecule has 5 heteroatoms. The summed E-state index contributed by atoms with van der Waals surface area (Å²) < 4.78 is 5.08. The first-order valence-electron chi connectivity index (χ1n) is 4.19. The lowest BCUT2D eigenvalue weighted by Crippen LogP contribution is -1.98. The van der Waals surface area contributed by atoms with Gasteiger partial charge in [-0.1, -0.05) is 15.9 Å². The number of hydrogen-bond donors (Lipinski definition) is 0. The van der Waals surface area contributed by atoms with Gasteiger partial charge < -0.3 is 4.42 Å². The Hall–Kier alpha value is -1.49. The molecule has 4 nitrogen and oxygen atoms in total. The number of hydrogen-bond acceptors (Lipinski definition) is 4. The van der Waals surface area contributed by atoms with E-state index >= 15 is 0 Å². The van der Waals surface area contributed by atoms with Crippen LogP contribution in [0, 0.1) is 0 Å². The highest BCUT2D eigenvalue weighted by Crippen LogP contribution is 2.17. The highest BCUT2D eigenvalue weighted by atomic mass is 79.9. The maximum atomic E-state index is 11.4. The van der Waals surface area contributed by atoms with Gasteiger partial charge in [-0.05, 0) is 18.2 Å². The summed E-state index contributed by atoms with van der Waals surface area (Å²) in [7, 11) is 0. The Kier molecular flexibility index (Phi) is 2.64. The van der Waals surface area contributed by atoms with Crippen molar-refractivity contribution in [1.29, 1.82) is 0 Å². The average Bonchev–Trinajstić information content (AvgIpc) is 2.69. The second-order valence-electron chi connectivity index (χ2n) is 2.91. The van der Waals surface area contributed by atoms with E-state index in [0.717, 1.165) is 0 Å². The van der Waals surface area contributed by atoms with Crippen LogP contribution in [-0.2, 0) is 0 Å². The first kappa shape index (κ1) is 10.0. The van der Waals surface area contributed by atoms with E-state index in [1.165, 1.54) is 0 Å². The Morgan fingerprint density at radius 3 is 3.00 bits per heavy atom. The molecule has 15 heavy (non-hydrogen) atoms. The van der Waals surface area contributed by atoms with Crippen molar-refractivity contribution in [3.8, 4) is 0 Å². The fourth-order valence-electron chi connectivity index (χ4n) is 1.25. The van der Waals surface area contributed by atoms with E-state index in [-0.39, 0.29) is 17.0 Å². The summed E-state index contributed by atoms with van der Waals surface area (Å²) in [6.07, 6.45) is 0.534. The number of fused-ring (bicyclic) bond motifs is 1. The third-order valence-corrected chi connectivity index (χ3v) is 2.46. The van der Waals surface area contributed by atoms with Gasteiger partial charge in [0.15, 0.2) is 11.4 Å². The van der Waals surface area contributed by atoms with Crippen LogP contribution in [0.4, 0.5) is 0 Å². The van der Waals surface area contributed by atoms with Crippen LogP contribution in [0.15, 0.2) is 22.6 Å². The number of halogens is 1. The van der Waals surface area contributed by atoms with Gasteiger partial charge in [-0.25, -0.2) is 4.98 Å². The highest BCUT2D eigenvalue weighted by Gasteiger charge is 2.08. The molecule has 0 aliphatic rings. The Balaban J connectivity index is 2.55. The van der Waals surface area contributed by atoms with Crippen molar-refractivity contribution in [2.75, 3.05) is 5.33 Å². The lowest BCUT2D eigenvalue weighted by atomic mass is 10.1. The molecule has 0 atom stereocenters. The van der Waals surface area contributed by atoms with E-state index in [1.807, 2.05) is 0 Å².